The summed E-state index contributed by atoms with van der Waals surface area (Å²) in [6.07, 6.45) is 0. The molecule has 2 rings (SSSR count). The van der Waals surface area contributed by atoms with Crippen molar-refractivity contribution in [1.29, 1.82) is 0 Å². The molecule has 0 bridgehead atoms. The summed E-state index contributed by atoms with van der Waals surface area (Å²) in [5, 5.41) is 3.67. The first-order valence-corrected chi connectivity index (χ1v) is 7.01. The lowest BCUT2D eigenvalue weighted by Crippen LogP contribution is -2.31. The molecule has 0 radical (unpaired) electrons. The molecule has 3 N–H and O–H groups in total. The van der Waals surface area contributed by atoms with Crippen molar-refractivity contribution in [3.8, 4) is 0 Å². The lowest BCUT2D eigenvalue weighted by atomic mass is 10.1. The molecule has 0 saturated heterocycles. The fraction of sp³-hybridized carbons (Fsp3) is 0.357. The van der Waals surface area contributed by atoms with Crippen LogP contribution in [0.4, 0.5) is 4.39 Å². The van der Waals surface area contributed by atoms with E-state index < -0.39 is 0 Å². The van der Waals surface area contributed by atoms with E-state index >= 15 is 0 Å². The largest absolute Gasteiger partial charge is 0.351 e. The van der Waals surface area contributed by atoms with Crippen LogP contribution in [0.3, 0.4) is 0 Å². The average molecular weight is 317 g/mol. The second-order valence-electron chi connectivity index (χ2n) is 4.75. The van der Waals surface area contributed by atoms with E-state index in [2.05, 4.69) is 5.32 Å². The van der Waals surface area contributed by atoms with Crippen LogP contribution in [-0.2, 0) is 0 Å². The number of hydrogen-bond acceptors (Lipinski definition) is 3. The van der Waals surface area contributed by atoms with Crippen molar-refractivity contribution in [2.45, 2.75) is 13.8 Å². The Labute approximate surface area is 127 Å². The number of amides is 1. The molecule has 110 valence electrons. The van der Waals surface area contributed by atoms with Gasteiger partial charge in [-0.1, -0.05) is 6.92 Å². The zero-order chi connectivity index (χ0) is 14.0. The number of thiophene rings is 1. The Kier molecular flexibility index (Phi) is 5.92. The van der Waals surface area contributed by atoms with Gasteiger partial charge in [-0.2, -0.15) is 0 Å². The molecule has 1 atom stereocenters. The minimum Gasteiger partial charge on any atom is -0.351 e. The Balaban J connectivity index is 0.00000200. The number of nitrogens with two attached hydrogens (primary N) is 1. The first-order valence-electron chi connectivity index (χ1n) is 6.20. The SMILES string of the molecule is Cc1c(C(=O)NCC(C)CN)sc2ccc(F)cc12.Cl. The van der Waals surface area contributed by atoms with Gasteiger partial charge in [0.2, 0.25) is 0 Å². The Hall–Kier alpha value is -1.17. The molecular weight excluding hydrogens is 299 g/mol. The zero-order valence-corrected chi connectivity index (χ0v) is 13.0. The van der Waals surface area contributed by atoms with Crippen molar-refractivity contribution in [1.82, 2.24) is 5.32 Å². The van der Waals surface area contributed by atoms with Crippen LogP contribution in [0.5, 0.6) is 0 Å². The number of halogens is 2. The highest BCUT2D eigenvalue weighted by atomic mass is 35.5. The van der Waals surface area contributed by atoms with Crippen molar-refractivity contribution < 1.29 is 9.18 Å². The molecule has 3 nitrogen and oxygen atoms in total. The summed E-state index contributed by atoms with van der Waals surface area (Å²) < 4.78 is 14.1. The molecule has 1 amide bonds. The number of benzene rings is 1. The quantitative estimate of drug-likeness (QED) is 0.910. The first kappa shape index (κ1) is 16.9. The molecule has 0 saturated carbocycles. The van der Waals surface area contributed by atoms with Gasteiger partial charge in [0.15, 0.2) is 0 Å². The van der Waals surface area contributed by atoms with Crippen LogP contribution in [0.15, 0.2) is 18.2 Å². The van der Waals surface area contributed by atoms with Gasteiger partial charge in [0.1, 0.15) is 5.82 Å². The summed E-state index contributed by atoms with van der Waals surface area (Å²) in [4.78, 5) is 12.7. The summed E-state index contributed by atoms with van der Waals surface area (Å²) in [6, 6.07) is 4.60. The topological polar surface area (TPSA) is 55.1 Å². The smallest absolute Gasteiger partial charge is 0.261 e. The van der Waals surface area contributed by atoms with Crippen molar-refractivity contribution in [2.24, 2.45) is 11.7 Å². The molecule has 6 heteroatoms. The normalized spacial score (nSPS) is 12.0. The molecule has 0 spiro atoms. The fourth-order valence-corrected chi connectivity index (χ4v) is 2.95. The maximum atomic E-state index is 13.2. The van der Waals surface area contributed by atoms with E-state index in [1.54, 1.807) is 6.07 Å². The summed E-state index contributed by atoms with van der Waals surface area (Å²) in [5.41, 5.74) is 6.35. The first-order chi connectivity index (χ1) is 9.02. The molecule has 2 aromatic rings. The second kappa shape index (κ2) is 7.02. The molecule has 0 aliphatic heterocycles. The van der Waals surface area contributed by atoms with Crippen LogP contribution in [0, 0.1) is 18.7 Å². The van der Waals surface area contributed by atoms with Gasteiger partial charge in [0.05, 0.1) is 4.88 Å². The lowest BCUT2D eigenvalue weighted by molar-refractivity contribution is 0.0952. The predicted molar refractivity (Wildman–Crippen MR) is 84.3 cm³/mol. The summed E-state index contributed by atoms with van der Waals surface area (Å²) in [5.74, 6) is -0.146. The van der Waals surface area contributed by atoms with Crippen LogP contribution in [0.2, 0.25) is 0 Å². The number of carbonyl (C=O) groups excluding carboxylic acids is 1. The van der Waals surface area contributed by atoms with E-state index in [-0.39, 0.29) is 30.0 Å². The third kappa shape index (κ3) is 3.48. The van der Waals surface area contributed by atoms with Gasteiger partial charge in [0, 0.05) is 11.2 Å². The number of hydrogen-bond donors (Lipinski definition) is 2. The maximum Gasteiger partial charge on any atom is 0.261 e. The molecule has 1 unspecified atom stereocenters. The average Bonchev–Trinajstić information content (AvgIpc) is 2.73. The highest BCUT2D eigenvalue weighted by molar-refractivity contribution is 7.21. The molecule has 0 aliphatic rings. The van der Waals surface area contributed by atoms with E-state index in [1.165, 1.54) is 23.5 Å². The predicted octanol–water partition coefficient (Wildman–Crippen LogP) is 3.10. The zero-order valence-electron chi connectivity index (χ0n) is 11.4. The molecule has 20 heavy (non-hydrogen) atoms. The van der Waals surface area contributed by atoms with Crippen LogP contribution < -0.4 is 11.1 Å². The van der Waals surface area contributed by atoms with Crippen molar-refractivity contribution in [2.75, 3.05) is 13.1 Å². The Bertz CT molecular complexity index is 614. The lowest BCUT2D eigenvalue weighted by Gasteiger charge is -2.09. The van der Waals surface area contributed by atoms with Gasteiger partial charge in [-0.15, -0.1) is 23.7 Å². The molecule has 1 aromatic heterocycles. The van der Waals surface area contributed by atoms with E-state index in [0.29, 0.717) is 18.0 Å². The van der Waals surface area contributed by atoms with Crippen LogP contribution in [0.25, 0.3) is 10.1 Å². The monoisotopic (exact) mass is 316 g/mol. The highest BCUT2D eigenvalue weighted by Gasteiger charge is 2.16. The standard InChI is InChI=1S/C14H17FN2OS.ClH/c1-8(6-16)7-17-14(18)13-9(2)11-5-10(15)3-4-12(11)19-13;/h3-5,8H,6-7,16H2,1-2H3,(H,17,18);1H. The minimum atomic E-state index is -0.280. The van der Waals surface area contributed by atoms with Crippen molar-refractivity contribution in [3.63, 3.8) is 0 Å². The van der Waals surface area contributed by atoms with Gasteiger partial charge >= 0.3 is 0 Å². The maximum absolute atomic E-state index is 13.2. The Morgan fingerprint density at radius 2 is 2.20 bits per heavy atom. The fourth-order valence-electron chi connectivity index (χ4n) is 1.84. The second-order valence-corrected chi connectivity index (χ2v) is 5.80. The number of nitrogens with one attached hydrogen (secondary N) is 1. The third-order valence-electron chi connectivity index (χ3n) is 3.12. The number of aryl methyl sites for hydroxylation is 1. The molecule has 1 aromatic carbocycles. The van der Waals surface area contributed by atoms with Gasteiger partial charge in [0.25, 0.3) is 5.91 Å². The van der Waals surface area contributed by atoms with Crippen LogP contribution >= 0.6 is 23.7 Å². The number of carbonyl (C=O) groups is 1. The van der Waals surface area contributed by atoms with Crippen LogP contribution in [0.1, 0.15) is 22.2 Å². The van der Waals surface area contributed by atoms with Gasteiger partial charge in [-0.3, -0.25) is 4.79 Å². The minimum absolute atomic E-state index is 0. The molecule has 0 fully saturated rings. The van der Waals surface area contributed by atoms with E-state index in [4.69, 9.17) is 5.73 Å². The third-order valence-corrected chi connectivity index (χ3v) is 4.39. The molecule has 0 aliphatic carbocycles. The van der Waals surface area contributed by atoms with E-state index in [9.17, 15) is 9.18 Å². The highest BCUT2D eigenvalue weighted by Crippen LogP contribution is 2.31. The molecular formula is C14H18ClFN2OS. The van der Waals surface area contributed by atoms with Gasteiger partial charge in [-0.25, -0.2) is 4.39 Å². The van der Waals surface area contributed by atoms with Gasteiger partial charge in [-0.05, 0) is 48.5 Å². The molecule has 1 heterocycles. The van der Waals surface area contributed by atoms with E-state index in [0.717, 1.165) is 15.6 Å². The summed E-state index contributed by atoms with van der Waals surface area (Å²) >= 11 is 1.39. The van der Waals surface area contributed by atoms with Crippen LogP contribution in [-0.4, -0.2) is 19.0 Å². The number of rotatable bonds is 4. The van der Waals surface area contributed by atoms with Gasteiger partial charge < -0.3 is 11.1 Å². The summed E-state index contributed by atoms with van der Waals surface area (Å²) in [6.45, 7) is 4.92. The van der Waals surface area contributed by atoms with Crippen molar-refractivity contribution in [3.05, 3.63) is 34.5 Å². The Morgan fingerprint density at radius 3 is 2.85 bits per heavy atom. The van der Waals surface area contributed by atoms with Crippen molar-refractivity contribution >= 4 is 39.7 Å². The Morgan fingerprint density at radius 1 is 1.50 bits per heavy atom. The number of fused-ring (bicyclic) bond motifs is 1. The summed E-state index contributed by atoms with van der Waals surface area (Å²) in [7, 11) is 0. The van der Waals surface area contributed by atoms with E-state index in [1.807, 2.05) is 13.8 Å².